The molecular weight excluding hydrogens is 220 g/mol. The Kier molecular flexibility index (Phi) is 9.03. The number of nitrogens with one attached hydrogen (secondary N) is 2. The second-order valence-corrected chi connectivity index (χ2v) is 4.47. The molecule has 3 N–H and O–H groups in total. The Morgan fingerprint density at radius 1 is 1.29 bits per heavy atom. The van der Waals surface area contributed by atoms with Crippen molar-refractivity contribution in [3.05, 3.63) is 0 Å². The molecule has 0 aromatic carbocycles. The Labute approximate surface area is 104 Å². The summed E-state index contributed by atoms with van der Waals surface area (Å²) in [6, 6.07) is 0.394. The van der Waals surface area contributed by atoms with E-state index >= 15 is 0 Å². The van der Waals surface area contributed by atoms with Gasteiger partial charge in [0.25, 0.3) is 5.91 Å². The van der Waals surface area contributed by atoms with E-state index in [9.17, 15) is 9.90 Å². The van der Waals surface area contributed by atoms with E-state index in [1.54, 1.807) is 0 Å². The standard InChI is InChI=1S/C12H26N2O3/c1-5-10(4)17-8-11(15)12(16)14-7-6-13-9(2)3/h9-11,13,15H,5-8H2,1-4H3,(H,14,16). The van der Waals surface area contributed by atoms with Crippen molar-refractivity contribution in [2.75, 3.05) is 19.7 Å². The van der Waals surface area contributed by atoms with Crippen LogP contribution in [0.1, 0.15) is 34.1 Å². The van der Waals surface area contributed by atoms with Crippen LogP contribution in [-0.2, 0) is 9.53 Å². The minimum atomic E-state index is -1.08. The first kappa shape index (κ1) is 16.4. The lowest BCUT2D eigenvalue weighted by Crippen LogP contribution is -2.41. The summed E-state index contributed by atoms with van der Waals surface area (Å²) >= 11 is 0. The summed E-state index contributed by atoms with van der Waals surface area (Å²) in [6.45, 7) is 9.25. The summed E-state index contributed by atoms with van der Waals surface area (Å²) in [5.74, 6) is -0.376. The highest BCUT2D eigenvalue weighted by Gasteiger charge is 2.15. The highest BCUT2D eigenvalue weighted by molar-refractivity contribution is 5.80. The highest BCUT2D eigenvalue weighted by atomic mass is 16.5. The first-order valence-corrected chi connectivity index (χ1v) is 6.28. The SMILES string of the molecule is CCC(C)OCC(O)C(=O)NCCNC(C)C. The largest absolute Gasteiger partial charge is 0.381 e. The topological polar surface area (TPSA) is 70.6 Å². The van der Waals surface area contributed by atoms with Crippen LogP contribution < -0.4 is 10.6 Å². The molecule has 102 valence electrons. The molecule has 2 atom stereocenters. The zero-order chi connectivity index (χ0) is 13.3. The number of aliphatic hydroxyl groups excluding tert-OH is 1. The summed E-state index contributed by atoms with van der Waals surface area (Å²) in [5.41, 5.74) is 0. The van der Waals surface area contributed by atoms with Gasteiger partial charge in [0.15, 0.2) is 6.10 Å². The monoisotopic (exact) mass is 246 g/mol. The van der Waals surface area contributed by atoms with E-state index in [4.69, 9.17) is 4.74 Å². The molecule has 0 aliphatic heterocycles. The highest BCUT2D eigenvalue weighted by Crippen LogP contribution is 1.97. The zero-order valence-electron chi connectivity index (χ0n) is 11.3. The average Bonchev–Trinajstić information content (AvgIpc) is 2.30. The van der Waals surface area contributed by atoms with Gasteiger partial charge in [0, 0.05) is 19.1 Å². The van der Waals surface area contributed by atoms with Crippen LogP contribution in [0.2, 0.25) is 0 Å². The molecule has 0 fully saturated rings. The Bertz CT molecular complexity index is 210. The van der Waals surface area contributed by atoms with Gasteiger partial charge in [0.1, 0.15) is 0 Å². The molecule has 0 aromatic rings. The Balaban J connectivity index is 3.60. The van der Waals surface area contributed by atoms with Crippen molar-refractivity contribution in [1.82, 2.24) is 10.6 Å². The Morgan fingerprint density at radius 3 is 2.47 bits per heavy atom. The van der Waals surface area contributed by atoms with Crippen molar-refractivity contribution < 1.29 is 14.6 Å². The molecule has 0 radical (unpaired) electrons. The van der Waals surface area contributed by atoms with E-state index < -0.39 is 6.10 Å². The summed E-state index contributed by atoms with van der Waals surface area (Å²) in [4.78, 5) is 11.4. The van der Waals surface area contributed by atoms with Crippen LogP contribution in [0.3, 0.4) is 0 Å². The van der Waals surface area contributed by atoms with Crippen molar-refractivity contribution >= 4 is 5.91 Å². The maximum atomic E-state index is 11.4. The molecule has 0 bridgehead atoms. The van der Waals surface area contributed by atoms with E-state index in [0.717, 1.165) is 6.42 Å². The number of hydrogen-bond donors (Lipinski definition) is 3. The molecule has 0 rings (SSSR count). The van der Waals surface area contributed by atoms with Gasteiger partial charge < -0.3 is 20.5 Å². The fourth-order valence-corrected chi connectivity index (χ4v) is 1.11. The van der Waals surface area contributed by atoms with E-state index in [2.05, 4.69) is 10.6 Å². The van der Waals surface area contributed by atoms with Gasteiger partial charge in [0.05, 0.1) is 12.7 Å². The molecule has 5 heteroatoms. The third-order valence-electron chi connectivity index (χ3n) is 2.39. The lowest BCUT2D eigenvalue weighted by molar-refractivity contribution is -0.133. The third-order valence-corrected chi connectivity index (χ3v) is 2.39. The van der Waals surface area contributed by atoms with Crippen LogP contribution in [0.4, 0.5) is 0 Å². The molecule has 5 nitrogen and oxygen atoms in total. The number of ether oxygens (including phenoxy) is 1. The van der Waals surface area contributed by atoms with E-state index in [-0.39, 0.29) is 18.6 Å². The van der Waals surface area contributed by atoms with Gasteiger partial charge in [0.2, 0.25) is 0 Å². The van der Waals surface area contributed by atoms with Gasteiger partial charge >= 0.3 is 0 Å². The van der Waals surface area contributed by atoms with Gasteiger partial charge in [-0.3, -0.25) is 4.79 Å². The van der Waals surface area contributed by atoms with Crippen molar-refractivity contribution in [2.24, 2.45) is 0 Å². The Hall–Kier alpha value is -0.650. The number of hydrogen-bond acceptors (Lipinski definition) is 4. The second-order valence-electron chi connectivity index (χ2n) is 4.47. The van der Waals surface area contributed by atoms with Crippen LogP contribution >= 0.6 is 0 Å². The number of carbonyl (C=O) groups is 1. The second kappa shape index (κ2) is 9.39. The maximum absolute atomic E-state index is 11.4. The first-order valence-electron chi connectivity index (χ1n) is 6.28. The molecule has 0 heterocycles. The average molecular weight is 246 g/mol. The molecule has 0 spiro atoms. The number of aliphatic hydroxyl groups is 1. The van der Waals surface area contributed by atoms with Crippen LogP contribution in [0.15, 0.2) is 0 Å². The third kappa shape index (κ3) is 9.09. The van der Waals surface area contributed by atoms with Crippen LogP contribution in [0.25, 0.3) is 0 Å². The van der Waals surface area contributed by atoms with E-state index in [1.165, 1.54) is 0 Å². The summed E-state index contributed by atoms with van der Waals surface area (Å²) in [5, 5.41) is 15.3. The predicted octanol–water partition coefficient (Wildman–Crippen LogP) is 0.277. The molecule has 0 saturated carbocycles. The predicted molar refractivity (Wildman–Crippen MR) is 67.9 cm³/mol. The minimum Gasteiger partial charge on any atom is -0.381 e. The normalized spacial score (nSPS) is 14.7. The van der Waals surface area contributed by atoms with Crippen molar-refractivity contribution in [3.63, 3.8) is 0 Å². The fourth-order valence-electron chi connectivity index (χ4n) is 1.11. The van der Waals surface area contributed by atoms with Gasteiger partial charge in [-0.2, -0.15) is 0 Å². The molecule has 0 aliphatic rings. The quantitative estimate of drug-likeness (QED) is 0.511. The molecule has 17 heavy (non-hydrogen) atoms. The summed E-state index contributed by atoms with van der Waals surface area (Å²) < 4.78 is 5.29. The van der Waals surface area contributed by atoms with Crippen LogP contribution in [0.5, 0.6) is 0 Å². The number of amides is 1. The summed E-state index contributed by atoms with van der Waals surface area (Å²) in [7, 11) is 0. The zero-order valence-corrected chi connectivity index (χ0v) is 11.3. The van der Waals surface area contributed by atoms with Gasteiger partial charge in [-0.05, 0) is 13.3 Å². The smallest absolute Gasteiger partial charge is 0.251 e. The molecule has 1 amide bonds. The van der Waals surface area contributed by atoms with Crippen LogP contribution in [0, 0.1) is 0 Å². The molecule has 0 saturated heterocycles. The fraction of sp³-hybridized carbons (Fsp3) is 0.917. The first-order chi connectivity index (χ1) is 7.97. The lowest BCUT2D eigenvalue weighted by Gasteiger charge is -2.15. The maximum Gasteiger partial charge on any atom is 0.251 e. The van der Waals surface area contributed by atoms with Crippen LogP contribution in [-0.4, -0.2) is 49.0 Å². The van der Waals surface area contributed by atoms with Gasteiger partial charge in [-0.15, -0.1) is 0 Å². The van der Waals surface area contributed by atoms with Gasteiger partial charge in [-0.1, -0.05) is 20.8 Å². The number of rotatable bonds is 9. The molecule has 0 aromatic heterocycles. The lowest BCUT2D eigenvalue weighted by atomic mass is 10.3. The minimum absolute atomic E-state index is 0.0540. The van der Waals surface area contributed by atoms with E-state index in [0.29, 0.717) is 19.1 Å². The Morgan fingerprint density at radius 2 is 1.94 bits per heavy atom. The van der Waals surface area contributed by atoms with E-state index in [1.807, 2.05) is 27.7 Å². The van der Waals surface area contributed by atoms with Gasteiger partial charge in [-0.25, -0.2) is 0 Å². The molecule has 2 unspecified atom stereocenters. The van der Waals surface area contributed by atoms with Crippen molar-refractivity contribution in [2.45, 2.75) is 52.4 Å². The summed E-state index contributed by atoms with van der Waals surface area (Å²) in [6.07, 6.45) is -0.143. The van der Waals surface area contributed by atoms with Crippen molar-refractivity contribution in [3.8, 4) is 0 Å². The number of carbonyl (C=O) groups excluding carboxylic acids is 1. The van der Waals surface area contributed by atoms with Crippen molar-refractivity contribution in [1.29, 1.82) is 0 Å². The molecule has 0 aliphatic carbocycles. The molecular formula is C12H26N2O3.